The van der Waals surface area contributed by atoms with Crippen LogP contribution in [0, 0.1) is 0 Å². The molecule has 0 unspecified atom stereocenters. The molecule has 0 spiro atoms. The summed E-state index contributed by atoms with van der Waals surface area (Å²) in [6.07, 6.45) is -0.924. The first-order chi connectivity index (χ1) is 11.5. The van der Waals surface area contributed by atoms with Gasteiger partial charge in [0, 0.05) is 31.4 Å². The number of fused-ring (bicyclic) bond motifs is 2. The molecule has 4 nitrogen and oxygen atoms in total. The largest absolute Gasteiger partial charge is 0.419 e. The highest BCUT2D eigenvalue weighted by atomic mass is 19.4. The highest BCUT2D eigenvalue weighted by Gasteiger charge is 2.41. The standard InChI is InChI=1S/C17H16F3N3O/c18-17(19,20)12-7-22-15(23-8-12)5-10-1-3-11(4-2-10)16-14-6-13(24-16)9-21-14/h1-4,7-8,13-14,16,21H,5-6,9H2/t13-,14-,16+/m0/s1. The average molecular weight is 335 g/mol. The molecule has 0 amide bonds. The lowest BCUT2D eigenvalue weighted by Crippen LogP contribution is -2.33. The second-order valence-corrected chi connectivity index (χ2v) is 6.23. The lowest BCUT2D eigenvalue weighted by atomic mass is 10.0. The molecule has 2 saturated heterocycles. The van der Waals surface area contributed by atoms with E-state index in [1.165, 1.54) is 0 Å². The summed E-state index contributed by atoms with van der Waals surface area (Å²) < 4.78 is 43.5. The van der Waals surface area contributed by atoms with Crippen LogP contribution >= 0.6 is 0 Å². The van der Waals surface area contributed by atoms with E-state index in [9.17, 15) is 13.2 Å². The van der Waals surface area contributed by atoms with Gasteiger partial charge in [-0.1, -0.05) is 24.3 Å². The maximum atomic E-state index is 12.5. The van der Waals surface area contributed by atoms with Crippen molar-refractivity contribution in [2.75, 3.05) is 6.54 Å². The molecule has 0 saturated carbocycles. The van der Waals surface area contributed by atoms with Crippen LogP contribution in [-0.4, -0.2) is 28.7 Å². The molecular formula is C17H16F3N3O. The van der Waals surface area contributed by atoms with Crippen LogP contribution in [0.1, 0.15) is 35.0 Å². The molecule has 126 valence electrons. The minimum Gasteiger partial charge on any atom is -0.367 e. The van der Waals surface area contributed by atoms with Crippen molar-refractivity contribution in [3.05, 3.63) is 59.2 Å². The minimum atomic E-state index is -4.41. The fourth-order valence-electron chi connectivity index (χ4n) is 3.28. The Morgan fingerprint density at radius 1 is 1.12 bits per heavy atom. The van der Waals surface area contributed by atoms with E-state index in [1.54, 1.807) is 0 Å². The monoisotopic (exact) mass is 335 g/mol. The van der Waals surface area contributed by atoms with Gasteiger partial charge in [-0.05, 0) is 17.5 Å². The highest BCUT2D eigenvalue weighted by molar-refractivity contribution is 5.28. The van der Waals surface area contributed by atoms with Crippen molar-refractivity contribution in [2.24, 2.45) is 0 Å². The number of alkyl halides is 3. The van der Waals surface area contributed by atoms with Gasteiger partial charge in [0.15, 0.2) is 0 Å². The minimum absolute atomic E-state index is 0.0834. The van der Waals surface area contributed by atoms with Crippen molar-refractivity contribution in [3.8, 4) is 0 Å². The van der Waals surface area contributed by atoms with Gasteiger partial charge in [-0.2, -0.15) is 13.2 Å². The van der Waals surface area contributed by atoms with Crippen LogP contribution < -0.4 is 5.32 Å². The zero-order chi connectivity index (χ0) is 16.7. The predicted octanol–water partition coefficient (Wildman–Crippen LogP) is 2.89. The SMILES string of the molecule is FC(F)(F)c1cnc(Cc2ccc([C@H]3O[C@@H]4CN[C@H]3C4)cc2)nc1. The number of aromatic nitrogens is 2. The summed E-state index contributed by atoms with van der Waals surface area (Å²) in [5.74, 6) is 0.369. The van der Waals surface area contributed by atoms with Gasteiger partial charge in [-0.3, -0.25) is 0 Å². The number of nitrogens with one attached hydrogen (secondary N) is 1. The van der Waals surface area contributed by atoms with Crippen LogP contribution in [0.3, 0.4) is 0 Å². The van der Waals surface area contributed by atoms with E-state index in [0.717, 1.165) is 36.5 Å². The quantitative estimate of drug-likeness (QED) is 0.937. The van der Waals surface area contributed by atoms with Crippen LogP contribution in [0.5, 0.6) is 0 Å². The predicted molar refractivity (Wildman–Crippen MR) is 80.3 cm³/mol. The molecule has 24 heavy (non-hydrogen) atoms. The molecule has 2 fully saturated rings. The van der Waals surface area contributed by atoms with Crippen LogP contribution in [-0.2, 0) is 17.3 Å². The molecule has 2 bridgehead atoms. The molecular weight excluding hydrogens is 319 g/mol. The number of halogens is 3. The Hall–Kier alpha value is -1.99. The zero-order valence-electron chi connectivity index (χ0n) is 12.8. The molecule has 1 aromatic carbocycles. The number of benzene rings is 1. The maximum Gasteiger partial charge on any atom is 0.419 e. The third kappa shape index (κ3) is 3.01. The summed E-state index contributed by atoms with van der Waals surface area (Å²) in [4.78, 5) is 7.61. The summed E-state index contributed by atoms with van der Waals surface area (Å²) in [5.41, 5.74) is 1.24. The van der Waals surface area contributed by atoms with Crippen molar-refractivity contribution >= 4 is 0 Å². The summed E-state index contributed by atoms with van der Waals surface area (Å²) in [6.45, 7) is 0.921. The van der Waals surface area contributed by atoms with Gasteiger partial charge >= 0.3 is 6.18 Å². The number of hydrogen-bond acceptors (Lipinski definition) is 4. The van der Waals surface area contributed by atoms with E-state index in [0.29, 0.717) is 24.4 Å². The molecule has 0 aliphatic carbocycles. The average Bonchev–Trinajstić information content (AvgIpc) is 3.18. The Kier molecular flexibility index (Phi) is 3.77. The second-order valence-electron chi connectivity index (χ2n) is 6.23. The first-order valence-electron chi connectivity index (χ1n) is 7.85. The summed E-state index contributed by atoms with van der Waals surface area (Å²) in [7, 11) is 0. The van der Waals surface area contributed by atoms with Crippen LogP contribution in [0.4, 0.5) is 13.2 Å². The Morgan fingerprint density at radius 2 is 1.83 bits per heavy atom. The van der Waals surface area contributed by atoms with Crippen molar-refractivity contribution < 1.29 is 17.9 Å². The van der Waals surface area contributed by atoms with E-state index in [2.05, 4.69) is 15.3 Å². The lowest BCUT2D eigenvalue weighted by Gasteiger charge is -2.23. The molecule has 2 aromatic rings. The highest BCUT2D eigenvalue weighted by Crippen LogP contribution is 2.36. The molecule has 4 rings (SSSR count). The van der Waals surface area contributed by atoms with Crippen molar-refractivity contribution in [3.63, 3.8) is 0 Å². The maximum absolute atomic E-state index is 12.5. The Bertz CT molecular complexity index is 715. The summed E-state index contributed by atoms with van der Waals surface area (Å²) >= 11 is 0. The third-order valence-electron chi connectivity index (χ3n) is 4.53. The van der Waals surface area contributed by atoms with Gasteiger partial charge in [-0.25, -0.2) is 9.97 Å². The second kappa shape index (κ2) is 5.82. The Morgan fingerprint density at radius 3 is 2.38 bits per heavy atom. The molecule has 2 aliphatic heterocycles. The number of nitrogens with zero attached hydrogens (tertiary/aromatic N) is 2. The van der Waals surface area contributed by atoms with Gasteiger partial charge in [0.2, 0.25) is 0 Å². The van der Waals surface area contributed by atoms with Crippen LogP contribution in [0.15, 0.2) is 36.7 Å². The number of ether oxygens (including phenoxy) is 1. The zero-order valence-corrected chi connectivity index (χ0v) is 12.8. The van der Waals surface area contributed by atoms with Crippen LogP contribution in [0.25, 0.3) is 0 Å². The van der Waals surface area contributed by atoms with Gasteiger partial charge in [0.1, 0.15) is 5.82 Å². The fourth-order valence-corrected chi connectivity index (χ4v) is 3.28. The van der Waals surface area contributed by atoms with Gasteiger partial charge in [0.25, 0.3) is 0 Å². The smallest absolute Gasteiger partial charge is 0.367 e. The number of hydrogen-bond donors (Lipinski definition) is 1. The molecule has 7 heteroatoms. The van der Waals surface area contributed by atoms with Gasteiger partial charge < -0.3 is 10.1 Å². The molecule has 1 N–H and O–H groups in total. The number of morpholine rings is 1. The van der Waals surface area contributed by atoms with Crippen molar-refractivity contribution in [2.45, 2.75) is 37.3 Å². The summed E-state index contributed by atoms with van der Waals surface area (Å²) in [6, 6.07) is 8.29. The first-order valence-corrected chi connectivity index (χ1v) is 7.85. The molecule has 2 aliphatic rings. The Labute approximate surface area is 137 Å². The van der Waals surface area contributed by atoms with Crippen molar-refractivity contribution in [1.82, 2.24) is 15.3 Å². The molecule has 0 radical (unpaired) electrons. The van der Waals surface area contributed by atoms with Gasteiger partial charge in [-0.15, -0.1) is 0 Å². The van der Waals surface area contributed by atoms with Crippen molar-refractivity contribution in [1.29, 1.82) is 0 Å². The Balaban J connectivity index is 1.44. The van der Waals surface area contributed by atoms with E-state index >= 15 is 0 Å². The van der Waals surface area contributed by atoms with Crippen LogP contribution in [0.2, 0.25) is 0 Å². The fraction of sp³-hybridized carbons (Fsp3) is 0.412. The molecule has 3 atom stereocenters. The normalized spacial score (nSPS) is 26.0. The van der Waals surface area contributed by atoms with Gasteiger partial charge in [0.05, 0.1) is 17.8 Å². The lowest BCUT2D eigenvalue weighted by molar-refractivity contribution is -0.138. The first kappa shape index (κ1) is 15.5. The number of rotatable bonds is 3. The van der Waals surface area contributed by atoms with E-state index in [1.807, 2.05) is 24.3 Å². The van der Waals surface area contributed by atoms with E-state index in [4.69, 9.17) is 4.74 Å². The van der Waals surface area contributed by atoms with E-state index in [-0.39, 0.29) is 6.10 Å². The van der Waals surface area contributed by atoms with E-state index < -0.39 is 11.7 Å². The summed E-state index contributed by atoms with van der Waals surface area (Å²) in [5, 5.41) is 3.44. The topological polar surface area (TPSA) is 47.0 Å². The molecule has 3 heterocycles. The molecule has 1 aromatic heterocycles. The third-order valence-corrected chi connectivity index (χ3v) is 4.53.